The van der Waals surface area contributed by atoms with E-state index in [1.807, 2.05) is 41.8 Å². The second kappa shape index (κ2) is 6.72. The van der Waals surface area contributed by atoms with Gasteiger partial charge in [0.25, 0.3) is 0 Å². The number of hydrogen-bond acceptors (Lipinski definition) is 2. The van der Waals surface area contributed by atoms with E-state index >= 15 is 0 Å². The van der Waals surface area contributed by atoms with Crippen LogP contribution in [0, 0.1) is 0 Å². The van der Waals surface area contributed by atoms with Gasteiger partial charge in [0, 0.05) is 10.9 Å². The van der Waals surface area contributed by atoms with Crippen LogP contribution in [0.25, 0.3) is 11.0 Å². The summed E-state index contributed by atoms with van der Waals surface area (Å²) in [5.41, 5.74) is 2.46. The van der Waals surface area contributed by atoms with Gasteiger partial charge in [-0.25, -0.2) is 4.98 Å². The van der Waals surface area contributed by atoms with Gasteiger partial charge < -0.3 is 9.88 Å². The lowest BCUT2D eigenvalue weighted by Crippen LogP contribution is -2.20. The lowest BCUT2D eigenvalue weighted by atomic mass is 10.3. The highest BCUT2D eigenvalue weighted by molar-refractivity contribution is 9.10. The van der Waals surface area contributed by atoms with Gasteiger partial charge in [-0.3, -0.25) is 4.79 Å². The van der Waals surface area contributed by atoms with Crippen LogP contribution in [-0.4, -0.2) is 15.5 Å². The predicted molar refractivity (Wildman–Crippen MR) is 96.9 cm³/mol. The lowest BCUT2D eigenvalue weighted by Gasteiger charge is -2.10. The molecule has 0 bridgehead atoms. The average molecular weight is 393 g/mol. The van der Waals surface area contributed by atoms with Crippen LogP contribution in [-0.2, 0) is 17.8 Å². The largest absolute Gasteiger partial charge is 0.323 e. The fourth-order valence-electron chi connectivity index (χ4n) is 2.50. The number of benzene rings is 2. The normalized spacial score (nSPS) is 10.9. The molecule has 0 fully saturated rings. The Labute approximate surface area is 147 Å². The molecule has 0 saturated heterocycles. The Balaban J connectivity index is 1.85. The van der Waals surface area contributed by atoms with Crippen LogP contribution in [0.5, 0.6) is 0 Å². The van der Waals surface area contributed by atoms with Crippen LogP contribution in [0.1, 0.15) is 12.7 Å². The van der Waals surface area contributed by atoms with Gasteiger partial charge in [0.2, 0.25) is 5.91 Å². The molecule has 4 nitrogen and oxygen atoms in total. The molecule has 0 aliphatic carbocycles. The predicted octanol–water partition coefficient (Wildman–Crippen LogP) is 4.65. The van der Waals surface area contributed by atoms with Crippen LogP contribution in [0.2, 0.25) is 5.02 Å². The van der Waals surface area contributed by atoms with Crippen molar-refractivity contribution >= 4 is 50.2 Å². The fraction of sp³-hybridized carbons (Fsp3) is 0.176. The SMILES string of the molecule is CCc1nc2ccccc2n1CC(=O)Nc1ccc(Br)cc1Cl. The minimum Gasteiger partial charge on any atom is -0.323 e. The van der Waals surface area contributed by atoms with Crippen molar-refractivity contribution in [3.05, 3.63) is 57.8 Å². The Morgan fingerprint density at radius 3 is 2.83 bits per heavy atom. The molecule has 0 aliphatic heterocycles. The van der Waals surface area contributed by atoms with Crippen molar-refractivity contribution in [1.29, 1.82) is 0 Å². The highest BCUT2D eigenvalue weighted by Crippen LogP contribution is 2.26. The van der Waals surface area contributed by atoms with Crippen molar-refractivity contribution in [3.8, 4) is 0 Å². The number of para-hydroxylation sites is 2. The number of carbonyl (C=O) groups excluding carboxylic acids is 1. The number of anilines is 1. The van der Waals surface area contributed by atoms with Gasteiger partial charge in [0.05, 0.1) is 21.7 Å². The molecule has 0 unspecified atom stereocenters. The van der Waals surface area contributed by atoms with Crippen LogP contribution >= 0.6 is 27.5 Å². The van der Waals surface area contributed by atoms with E-state index in [1.165, 1.54) is 0 Å². The molecule has 3 rings (SSSR count). The molecule has 118 valence electrons. The van der Waals surface area contributed by atoms with Gasteiger partial charge >= 0.3 is 0 Å². The van der Waals surface area contributed by atoms with Gasteiger partial charge in [-0.15, -0.1) is 0 Å². The Hall–Kier alpha value is -1.85. The van der Waals surface area contributed by atoms with E-state index in [-0.39, 0.29) is 12.5 Å². The van der Waals surface area contributed by atoms with E-state index in [9.17, 15) is 4.79 Å². The van der Waals surface area contributed by atoms with E-state index in [4.69, 9.17) is 11.6 Å². The molecule has 0 spiro atoms. The number of aryl methyl sites for hydroxylation is 1. The van der Waals surface area contributed by atoms with E-state index in [1.54, 1.807) is 12.1 Å². The monoisotopic (exact) mass is 391 g/mol. The molecule has 0 aliphatic rings. The summed E-state index contributed by atoms with van der Waals surface area (Å²) in [6.45, 7) is 2.23. The van der Waals surface area contributed by atoms with Crippen molar-refractivity contribution in [1.82, 2.24) is 9.55 Å². The van der Waals surface area contributed by atoms with E-state index in [0.29, 0.717) is 10.7 Å². The third-order valence-corrected chi connectivity index (χ3v) is 4.36. The summed E-state index contributed by atoms with van der Waals surface area (Å²) in [4.78, 5) is 17.0. The average Bonchev–Trinajstić information content (AvgIpc) is 2.88. The van der Waals surface area contributed by atoms with E-state index in [0.717, 1.165) is 27.8 Å². The number of imidazole rings is 1. The first-order valence-corrected chi connectivity index (χ1v) is 8.44. The quantitative estimate of drug-likeness (QED) is 0.702. The van der Waals surface area contributed by atoms with Gasteiger partial charge in [-0.2, -0.15) is 0 Å². The Morgan fingerprint density at radius 2 is 2.09 bits per heavy atom. The molecule has 1 amide bonds. The maximum absolute atomic E-state index is 12.4. The number of amides is 1. The molecular formula is C17H15BrClN3O. The zero-order chi connectivity index (χ0) is 16.4. The summed E-state index contributed by atoms with van der Waals surface area (Å²) < 4.78 is 2.81. The molecule has 1 aromatic heterocycles. The van der Waals surface area contributed by atoms with E-state index < -0.39 is 0 Å². The molecule has 6 heteroatoms. The van der Waals surface area contributed by atoms with Crippen LogP contribution in [0.3, 0.4) is 0 Å². The third kappa shape index (κ3) is 3.41. The molecule has 0 atom stereocenters. The molecule has 23 heavy (non-hydrogen) atoms. The zero-order valence-corrected chi connectivity index (χ0v) is 14.9. The van der Waals surface area contributed by atoms with Gasteiger partial charge in [-0.1, -0.05) is 46.6 Å². The number of carbonyl (C=O) groups is 1. The van der Waals surface area contributed by atoms with Gasteiger partial charge in [0.1, 0.15) is 12.4 Å². The lowest BCUT2D eigenvalue weighted by molar-refractivity contribution is -0.116. The van der Waals surface area contributed by atoms with Gasteiger partial charge in [0.15, 0.2) is 0 Å². The van der Waals surface area contributed by atoms with Crippen molar-refractivity contribution in [3.63, 3.8) is 0 Å². The third-order valence-electron chi connectivity index (χ3n) is 3.56. The summed E-state index contributed by atoms with van der Waals surface area (Å²) in [5.74, 6) is 0.760. The molecular weight excluding hydrogens is 378 g/mol. The number of halogens is 2. The highest BCUT2D eigenvalue weighted by Gasteiger charge is 2.13. The molecule has 0 radical (unpaired) electrons. The molecule has 0 saturated carbocycles. The minimum atomic E-state index is -0.132. The first kappa shape index (κ1) is 16.0. The molecule has 2 aromatic carbocycles. The molecule has 3 aromatic rings. The zero-order valence-electron chi connectivity index (χ0n) is 12.5. The number of nitrogens with zero attached hydrogens (tertiary/aromatic N) is 2. The fourth-order valence-corrected chi connectivity index (χ4v) is 3.22. The first-order valence-electron chi connectivity index (χ1n) is 7.27. The maximum atomic E-state index is 12.4. The summed E-state index contributed by atoms with van der Waals surface area (Å²) in [6.07, 6.45) is 0.765. The summed E-state index contributed by atoms with van der Waals surface area (Å²) in [6, 6.07) is 13.2. The summed E-state index contributed by atoms with van der Waals surface area (Å²) >= 11 is 9.49. The van der Waals surface area contributed by atoms with Crippen LogP contribution in [0.15, 0.2) is 46.9 Å². The van der Waals surface area contributed by atoms with Crippen molar-refractivity contribution < 1.29 is 4.79 Å². The number of nitrogens with one attached hydrogen (secondary N) is 1. The molecule has 1 heterocycles. The number of hydrogen-bond donors (Lipinski definition) is 1. The highest BCUT2D eigenvalue weighted by atomic mass is 79.9. The number of rotatable bonds is 4. The number of aromatic nitrogens is 2. The van der Waals surface area contributed by atoms with Crippen molar-refractivity contribution in [2.45, 2.75) is 19.9 Å². The maximum Gasteiger partial charge on any atom is 0.244 e. The van der Waals surface area contributed by atoms with Crippen LogP contribution < -0.4 is 5.32 Å². The second-order valence-electron chi connectivity index (χ2n) is 5.13. The second-order valence-corrected chi connectivity index (χ2v) is 6.45. The van der Waals surface area contributed by atoms with Crippen molar-refractivity contribution in [2.75, 3.05) is 5.32 Å². The van der Waals surface area contributed by atoms with Gasteiger partial charge in [-0.05, 0) is 30.3 Å². The molecule has 1 N–H and O–H groups in total. The summed E-state index contributed by atoms with van der Waals surface area (Å²) in [5, 5.41) is 3.35. The Kier molecular flexibility index (Phi) is 4.68. The van der Waals surface area contributed by atoms with Crippen molar-refractivity contribution in [2.24, 2.45) is 0 Å². The van der Waals surface area contributed by atoms with E-state index in [2.05, 4.69) is 26.2 Å². The smallest absolute Gasteiger partial charge is 0.244 e. The van der Waals surface area contributed by atoms with Crippen LogP contribution in [0.4, 0.5) is 5.69 Å². The first-order chi connectivity index (χ1) is 11.1. The Morgan fingerprint density at radius 1 is 1.30 bits per heavy atom. The Bertz CT molecular complexity index is 875. The summed E-state index contributed by atoms with van der Waals surface area (Å²) in [7, 11) is 0. The minimum absolute atomic E-state index is 0.132. The number of fused-ring (bicyclic) bond motifs is 1. The topological polar surface area (TPSA) is 46.9 Å². The standard InChI is InChI=1S/C17H15BrClN3O/c1-2-16-20-14-5-3-4-6-15(14)22(16)10-17(23)21-13-8-7-11(18)9-12(13)19/h3-9H,2,10H2,1H3,(H,21,23).